The van der Waals surface area contributed by atoms with Gasteiger partial charge in [-0.2, -0.15) is 11.8 Å². The second-order valence-corrected chi connectivity index (χ2v) is 9.16. The van der Waals surface area contributed by atoms with Crippen LogP contribution in [0.15, 0.2) is 0 Å². The predicted molar refractivity (Wildman–Crippen MR) is 107 cm³/mol. The molecule has 0 atom stereocenters. The molecule has 0 fully saturated rings. The van der Waals surface area contributed by atoms with E-state index in [4.69, 9.17) is 0 Å². The molecular weight excluding hydrogens is 376 g/mol. The molecule has 9 heteroatoms. The summed E-state index contributed by atoms with van der Waals surface area (Å²) in [4.78, 5) is 34.5. The van der Waals surface area contributed by atoms with Gasteiger partial charge in [0, 0.05) is 34.1 Å². The minimum atomic E-state index is -0.0422. The molecular formula is C16H22N4O2S3. The summed E-state index contributed by atoms with van der Waals surface area (Å²) in [5, 5.41) is 6.93. The van der Waals surface area contributed by atoms with Gasteiger partial charge in [0.25, 0.3) is 0 Å². The Morgan fingerprint density at radius 2 is 1.24 bits per heavy atom. The molecule has 0 aromatic carbocycles. The van der Waals surface area contributed by atoms with E-state index in [-0.39, 0.29) is 11.8 Å². The lowest BCUT2D eigenvalue weighted by molar-refractivity contribution is -0.116. The molecule has 0 spiro atoms. The molecule has 0 saturated carbocycles. The number of nitrogens with one attached hydrogen (secondary N) is 2. The van der Waals surface area contributed by atoms with Crippen molar-refractivity contribution in [1.29, 1.82) is 0 Å². The lowest BCUT2D eigenvalue weighted by Crippen LogP contribution is -2.13. The maximum atomic E-state index is 11.9. The van der Waals surface area contributed by atoms with Gasteiger partial charge in [-0.25, -0.2) is 9.97 Å². The van der Waals surface area contributed by atoms with Gasteiger partial charge < -0.3 is 10.6 Å². The van der Waals surface area contributed by atoms with E-state index in [0.717, 1.165) is 21.1 Å². The number of nitrogens with zero attached hydrogens (tertiary/aromatic N) is 2. The largest absolute Gasteiger partial charge is 0.302 e. The van der Waals surface area contributed by atoms with Crippen molar-refractivity contribution >= 4 is 56.5 Å². The summed E-state index contributed by atoms with van der Waals surface area (Å²) in [5.74, 6) is 1.27. The van der Waals surface area contributed by atoms with Crippen LogP contribution in [0.1, 0.15) is 34.0 Å². The van der Waals surface area contributed by atoms with Crippen molar-refractivity contribution in [2.24, 2.45) is 0 Å². The van der Waals surface area contributed by atoms with E-state index in [1.807, 2.05) is 27.7 Å². The molecule has 2 N–H and O–H groups in total. The van der Waals surface area contributed by atoms with Crippen LogP contribution in [0.2, 0.25) is 0 Å². The van der Waals surface area contributed by atoms with Gasteiger partial charge in [0.2, 0.25) is 11.8 Å². The van der Waals surface area contributed by atoms with Gasteiger partial charge in [-0.05, 0) is 27.7 Å². The van der Waals surface area contributed by atoms with Crippen LogP contribution >= 0.6 is 34.4 Å². The first-order chi connectivity index (χ1) is 11.8. The van der Waals surface area contributed by atoms with Crippen LogP contribution in [-0.2, 0) is 9.59 Å². The van der Waals surface area contributed by atoms with Gasteiger partial charge in [0.1, 0.15) is 0 Å². The van der Waals surface area contributed by atoms with Crippen molar-refractivity contribution in [3.05, 3.63) is 21.1 Å². The van der Waals surface area contributed by atoms with E-state index in [2.05, 4.69) is 20.6 Å². The van der Waals surface area contributed by atoms with Crippen LogP contribution in [0.4, 0.5) is 10.3 Å². The SMILES string of the molecule is Cc1nc(NC(=O)CCSCCC(=O)Nc2nc(C)c(C)s2)sc1C. The molecule has 0 saturated heterocycles. The van der Waals surface area contributed by atoms with Crippen molar-refractivity contribution in [1.82, 2.24) is 9.97 Å². The third-order valence-electron chi connectivity index (χ3n) is 3.50. The lowest BCUT2D eigenvalue weighted by atomic mass is 10.4. The zero-order chi connectivity index (χ0) is 18.4. The zero-order valence-electron chi connectivity index (χ0n) is 14.8. The Balaban J connectivity index is 1.59. The summed E-state index contributed by atoms with van der Waals surface area (Å²) in [7, 11) is 0. The first-order valence-corrected chi connectivity index (χ1v) is 10.7. The Labute approximate surface area is 159 Å². The van der Waals surface area contributed by atoms with Crippen molar-refractivity contribution < 1.29 is 9.59 Å². The molecule has 0 aliphatic rings. The van der Waals surface area contributed by atoms with Gasteiger partial charge in [-0.3, -0.25) is 9.59 Å². The fourth-order valence-corrected chi connectivity index (χ4v) is 4.37. The highest BCUT2D eigenvalue weighted by molar-refractivity contribution is 7.99. The average molecular weight is 399 g/mol. The van der Waals surface area contributed by atoms with Gasteiger partial charge in [-0.1, -0.05) is 0 Å². The topological polar surface area (TPSA) is 84.0 Å². The lowest BCUT2D eigenvalue weighted by Gasteiger charge is -2.03. The summed E-state index contributed by atoms with van der Waals surface area (Å²) in [6, 6.07) is 0. The Morgan fingerprint density at radius 1 is 0.840 bits per heavy atom. The number of hydrogen-bond donors (Lipinski definition) is 2. The number of carbonyl (C=O) groups is 2. The van der Waals surface area contributed by atoms with Crippen LogP contribution in [-0.4, -0.2) is 33.3 Å². The fraction of sp³-hybridized carbons (Fsp3) is 0.500. The quantitative estimate of drug-likeness (QED) is 0.658. The zero-order valence-corrected chi connectivity index (χ0v) is 17.2. The molecule has 0 aliphatic heterocycles. The van der Waals surface area contributed by atoms with Crippen molar-refractivity contribution in [3.63, 3.8) is 0 Å². The van der Waals surface area contributed by atoms with E-state index < -0.39 is 0 Å². The molecule has 2 rings (SSSR count). The standard InChI is InChI=1S/C16H22N4O2S3/c1-9-11(3)24-15(17-9)19-13(21)5-7-23-8-6-14(22)20-16-18-10(2)12(4)25-16/h5-8H2,1-4H3,(H,17,19,21)(H,18,20,22). The summed E-state index contributed by atoms with van der Waals surface area (Å²) in [6.07, 6.45) is 0.823. The summed E-state index contributed by atoms with van der Waals surface area (Å²) >= 11 is 4.56. The summed E-state index contributed by atoms with van der Waals surface area (Å²) in [5.41, 5.74) is 1.90. The molecule has 0 aliphatic carbocycles. The van der Waals surface area contributed by atoms with Crippen molar-refractivity contribution in [2.45, 2.75) is 40.5 Å². The van der Waals surface area contributed by atoms with Crippen molar-refractivity contribution in [2.75, 3.05) is 22.1 Å². The van der Waals surface area contributed by atoms with Gasteiger partial charge in [0.15, 0.2) is 10.3 Å². The molecule has 136 valence electrons. The number of rotatable bonds is 8. The number of thiazole rings is 2. The molecule has 2 aromatic rings. The number of aromatic nitrogens is 2. The first kappa shape index (κ1) is 19.9. The molecule has 25 heavy (non-hydrogen) atoms. The Hall–Kier alpha value is -1.45. The van der Waals surface area contributed by atoms with Crippen LogP contribution in [0.25, 0.3) is 0 Å². The maximum Gasteiger partial charge on any atom is 0.226 e. The van der Waals surface area contributed by atoms with E-state index in [1.54, 1.807) is 11.8 Å². The number of anilines is 2. The van der Waals surface area contributed by atoms with E-state index in [1.165, 1.54) is 22.7 Å². The molecule has 6 nitrogen and oxygen atoms in total. The van der Waals surface area contributed by atoms with Gasteiger partial charge in [-0.15, -0.1) is 22.7 Å². The van der Waals surface area contributed by atoms with Crippen LogP contribution in [0.5, 0.6) is 0 Å². The summed E-state index contributed by atoms with van der Waals surface area (Å²) in [6.45, 7) is 7.82. The number of amides is 2. The molecule has 2 aromatic heterocycles. The number of hydrogen-bond acceptors (Lipinski definition) is 7. The highest BCUT2D eigenvalue weighted by Gasteiger charge is 2.09. The minimum absolute atomic E-state index is 0.0422. The van der Waals surface area contributed by atoms with E-state index in [0.29, 0.717) is 34.6 Å². The number of aryl methyl sites for hydroxylation is 4. The van der Waals surface area contributed by atoms with Gasteiger partial charge in [0.05, 0.1) is 11.4 Å². The third kappa shape index (κ3) is 6.41. The molecule has 0 bridgehead atoms. The van der Waals surface area contributed by atoms with Crippen LogP contribution in [0.3, 0.4) is 0 Å². The second-order valence-electron chi connectivity index (χ2n) is 5.53. The van der Waals surface area contributed by atoms with E-state index >= 15 is 0 Å². The van der Waals surface area contributed by atoms with Gasteiger partial charge >= 0.3 is 0 Å². The highest BCUT2D eigenvalue weighted by atomic mass is 32.2. The fourth-order valence-electron chi connectivity index (χ4n) is 1.85. The Kier molecular flexibility index (Phi) is 7.39. The number of thioether (sulfide) groups is 1. The first-order valence-electron chi connectivity index (χ1n) is 7.90. The normalized spacial score (nSPS) is 10.7. The average Bonchev–Trinajstić information content (AvgIpc) is 3.00. The highest BCUT2D eigenvalue weighted by Crippen LogP contribution is 2.22. The summed E-state index contributed by atoms with van der Waals surface area (Å²) < 4.78 is 0. The monoisotopic (exact) mass is 398 g/mol. The van der Waals surface area contributed by atoms with Crippen molar-refractivity contribution in [3.8, 4) is 0 Å². The predicted octanol–water partition coefficient (Wildman–Crippen LogP) is 3.92. The molecule has 2 heterocycles. The number of carbonyl (C=O) groups excluding carboxylic acids is 2. The third-order valence-corrected chi connectivity index (χ3v) is 6.46. The Bertz CT molecular complexity index is 653. The maximum absolute atomic E-state index is 11.9. The molecule has 0 unspecified atom stereocenters. The molecule has 2 amide bonds. The minimum Gasteiger partial charge on any atom is -0.302 e. The smallest absolute Gasteiger partial charge is 0.226 e. The van der Waals surface area contributed by atoms with Crippen LogP contribution < -0.4 is 10.6 Å². The Morgan fingerprint density at radius 3 is 1.56 bits per heavy atom. The second kappa shape index (κ2) is 9.30. The van der Waals surface area contributed by atoms with E-state index in [9.17, 15) is 9.59 Å². The van der Waals surface area contributed by atoms with Crippen LogP contribution in [0, 0.1) is 27.7 Å². The molecule has 0 radical (unpaired) electrons.